The third-order valence-corrected chi connectivity index (χ3v) is 2.86. The Balaban J connectivity index is 2.18. The molecular formula is C14H10N4O5-2. The number of anilines is 1. The van der Waals surface area contributed by atoms with E-state index in [4.69, 9.17) is 5.73 Å². The highest BCUT2D eigenvalue weighted by Crippen LogP contribution is 2.28. The maximum absolute atomic E-state index is 11.8. The minimum Gasteiger partial charge on any atom is -0.872 e. The van der Waals surface area contributed by atoms with Crippen LogP contribution < -0.4 is 21.4 Å². The number of hydrazone groups is 1. The molecule has 0 fully saturated rings. The number of hydrogen-bond acceptors (Lipinski definition) is 7. The predicted octanol–water partition coefficient (Wildman–Crippen LogP) is 0.0881. The second kappa shape index (κ2) is 6.43. The number of nitro benzene ring substituents is 1. The Morgan fingerprint density at radius 2 is 1.91 bits per heavy atom. The van der Waals surface area contributed by atoms with Crippen molar-refractivity contribution in [1.29, 1.82) is 0 Å². The molecule has 9 heteroatoms. The average molecular weight is 314 g/mol. The first-order chi connectivity index (χ1) is 10.9. The number of nitro groups is 1. The monoisotopic (exact) mass is 314 g/mol. The fourth-order valence-corrected chi connectivity index (χ4v) is 1.73. The fourth-order valence-electron chi connectivity index (χ4n) is 1.73. The smallest absolute Gasteiger partial charge is 0.273 e. The van der Waals surface area contributed by atoms with Crippen LogP contribution in [-0.2, 0) is 0 Å². The van der Waals surface area contributed by atoms with Crippen molar-refractivity contribution >= 4 is 23.5 Å². The maximum Gasteiger partial charge on any atom is 0.273 e. The van der Waals surface area contributed by atoms with E-state index in [1.54, 1.807) is 12.1 Å². The minimum atomic E-state index is -0.988. The molecule has 0 aromatic heterocycles. The number of benzene rings is 2. The van der Waals surface area contributed by atoms with Gasteiger partial charge in [0.1, 0.15) is 0 Å². The fraction of sp³-hybridized carbons (Fsp3) is 0. The van der Waals surface area contributed by atoms with Crippen LogP contribution in [0.3, 0.4) is 0 Å². The zero-order valence-corrected chi connectivity index (χ0v) is 11.6. The molecule has 0 aliphatic heterocycles. The van der Waals surface area contributed by atoms with Gasteiger partial charge in [-0.25, -0.2) is 5.43 Å². The highest BCUT2D eigenvalue weighted by molar-refractivity contribution is 5.99. The van der Waals surface area contributed by atoms with Gasteiger partial charge < -0.3 is 15.9 Å². The standard InChI is InChI=1S/C14H12N4O5/c15-10-4-2-1-3-9(10)14(21)17-16-7-8-5-11(18(22)23)13(20)6-12(8)19/h1-7,19-20H,15H2,(H,17,21)/p-2/b16-7-. The van der Waals surface area contributed by atoms with Crippen LogP contribution in [0.15, 0.2) is 41.5 Å². The Bertz CT molecular complexity index is 804. The van der Waals surface area contributed by atoms with Gasteiger partial charge in [-0.15, -0.1) is 5.75 Å². The Labute approximate surface area is 129 Å². The summed E-state index contributed by atoms with van der Waals surface area (Å²) < 4.78 is 0. The number of rotatable bonds is 4. The van der Waals surface area contributed by atoms with E-state index >= 15 is 0 Å². The summed E-state index contributed by atoms with van der Waals surface area (Å²) in [6.07, 6.45) is 0.922. The van der Waals surface area contributed by atoms with E-state index in [1.165, 1.54) is 12.1 Å². The van der Waals surface area contributed by atoms with Crippen molar-refractivity contribution in [3.63, 3.8) is 0 Å². The van der Waals surface area contributed by atoms with Gasteiger partial charge in [0, 0.05) is 11.8 Å². The third kappa shape index (κ3) is 3.53. The molecule has 3 N–H and O–H groups in total. The summed E-state index contributed by atoms with van der Waals surface area (Å²) in [6.45, 7) is 0. The van der Waals surface area contributed by atoms with Gasteiger partial charge in [0.05, 0.1) is 16.7 Å². The van der Waals surface area contributed by atoms with Crippen molar-refractivity contribution in [1.82, 2.24) is 5.43 Å². The number of hydrogen-bond donors (Lipinski definition) is 2. The zero-order valence-electron chi connectivity index (χ0n) is 11.6. The van der Waals surface area contributed by atoms with E-state index in [2.05, 4.69) is 10.5 Å². The Morgan fingerprint density at radius 3 is 2.57 bits per heavy atom. The van der Waals surface area contributed by atoms with Gasteiger partial charge in [0.15, 0.2) is 0 Å². The largest absolute Gasteiger partial charge is 0.872 e. The summed E-state index contributed by atoms with van der Waals surface area (Å²) >= 11 is 0. The lowest BCUT2D eigenvalue weighted by atomic mass is 10.2. The number of carbonyl (C=O) groups excluding carboxylic acids is 1. The molecule has 1 amide bonds. The van der Waals surface area contributed by atoms with Gasteiger partial charge >= 0.3 is 0 Å². The first kappa shape index (κ1) is 15.8. The summed E-state index contributed by atoms with van der Waals surface area (Å²) in [5.41, 5.74) is 7.26. The van der Waals surface area contributed by atoms with Crippen LogP contribution in [0.25, 0.3) is 0 Å². The molecule has 0 saturated heterocycles. The molecule has 0 aliphatic carbocycles. The van der Waals surface area contributed by atoms with Gasteiger partial charge in [-0.3, -0.25) is 14.9 Å². The lowest BCUT2D eigenvalue weighted by molar-refractivity contribution is -0.398. The second-order valence-corrected chi connectivity index (χ2v) is 4.40. The Kier molecular flexibility index (Phi) is 4.41. The summed E-state index contributed by atoms with van der Waals surface area (Å²) in [5.74, 6) is -2.34. The summed E-state index contributed by atoms with van der Waals surface area (Å²) in [4.78, 5) is 21.6. The van der Waals surface area contributed by atoms with Crippen LogP contribution in [-0.4, -0.2) is 17.0 Å². The molecule has 118 valence electrons. The summed E-state index contributed by atoms with van der Waals surface area (Å²) in [6, 6.07) is 7.68. The molecule has 9 nitrogen and oxygen atoms in total. The Morgan fingerprint density at radius 1 is 1.22 bits per heavy atom. The van der Waals surface area contributed by atoms with Crippen molar-refractivity contribution in [2.24, 2.45) is 5.10 Å². The first-order valence-electron chi connectivity index (χ1n) is 6.24. The molecule has 2 rings (SSSR count). The first-order valence-corrected chi connectivity index (χ1v) is 6.24. The maximum atomic E-state index is 11.8. The van der Waals surface area contributed by atoms with Crippen LogP contribution in [0.1, 0.15) is 15.9 Å². The van der Waals surface area contributed by atoms with Crippen molar-refractivity contribution in [3.05, 3.63) is 57.6 Å². The SMILES string of the molecule is Nc1ccccc1C(=O)N/N=C\c1cc([N+](=O)[O-])c([O-])cc1[O-]. The quantitative estimate of drug-likeness (QED) is 0.352. The molecule has 0 heterocycles. The second-order valence-electron chi connectivity index (χ2n) is 4.40. The molecular weight excluding hydrogens is 304 g/mol. The van der Waals surface area contributed by atoms with E-state index < -0.39 is 28.0 Å². The highest BCUT2D eigenvalue weighted by atomic mass is 16.6. The number of amides is 1. The molecule has 23 heavy (non-hydrogen) atoms. The van der Waals surface area contributed by atoms with Gasteiger partial charge in [-0.1, -0.05) is 18.2 Å². The van der Waals surface area contributed by atoms with E-state index in [0.29, 0.717) is 6.07 Å². The highest BCUT2D eigenvalue weighted by Gasteiger charge is 2.09. The normalized spacial score (nSPS) is 10.6. The molecule has 0 atom stereocenters. The van der Waals surface area contributed by atoms with Crippen LogP contribution in [0.4, 0.5) is 11.4 Å². The van der Waals surface area contributed by atoms with E-state index in [-0.39, 0.29) is 16.8 Å². The zero-order chi connectivity index (χ0) is 17.0. The van der Waals surface area contributed by atoms with Crippen molar-refractivity contribution < 1.29 is 19.9 Å². The summed E-state index contributed by atoms with van der Waals surface area (Å²) in [7, 11) is 0. The lowest BCUT2D eigenvalue weighted by Gasteiger charge is -2.15. The Hall–Kier alpha value is -3.62. The topological polar surface area (TPSA) is 157 Å². The lowest BCUT2D eigenvalue weighted by Crippen LogP contribution is -2.19. The van der Waals surface area contributed by atoms with Crippen LogP contribution in [0, 0.1) is 10.1 Å². The molecule has 0 radical (unpaired) electrons. The van der Waals surface area contributed by atoms with Crippen LogP contribution in [0.2, 0.25) is 0 Å². The van der Waals surface area contributed by atoms with Crippen molar-refractivity contribution in [3.8, 4) is 11.5 Å². The molecule has 2 aromatic rings. The van der Waals surface area contributed by atoms with Crippen LogP contribution >= 0.6 is 0 Å². The van der Waals surface area contributed by atoms with Gasteiger partial charge in [-0.05, 0) is 23.4 Å². The number of nitrogen functional groups attached to an aromatic ring is 1. The van der Waals surface area contributed by atoms with Crippen molar-refractivity contribution in [2.75, 3.05) is 5.73 Å². The van der Waals surface area contributed by atoms with Crippen LogP contribution in [0.5, 0.6) is 11.5 Å². The number of nitrogens with two attached hydrogens (primary N) is 1. The molecule has 2 aromatic carbocycles. The number of nitrogens with one attached hydrogen (secondary N) is 1. The number of para-hydroxylation sites is 1. The van der Waals surface area contributed by atoms with Gasteiger partial charge in [-0.2, -0.15) is 5.10 Å². The third-order valence-electron chi connectivity index (χ3n) is 2.86. The minimum absolute atomic E-state index is 0.188. The molecule has 0 bridgehead atoms. The van der Waals surface area contributed by atoms with Crippen molar-refractivity contribution in [2.45, 2.75) is 0 Å². The van der Waals surface area contributed by atoms with Gasteiger partial charge in [0.2, 0.25) is 0 Å². The van der Waals surface area contributed by atoms with E-state index in [9.17, 15) is 25.1 Å². The predicted molar refractivity (Wildman–Crippen MR) is 77.9 cm³/mol. The van der Waals surface area contributed by atoms with E-state index in [1.807, 2.05) is 0 Å². The summed E-state index contributed by atoms with van der Waals surface area (Å²) in [5, 5.41) is 37.0. The molecule has 0 spiro atoms. The van der Waals surface area contributed by atoms with Gasteiger partial charge in [0.25, 0.3) is 11.6 Å². The molecule has 0 saturated carbocycles. The van der Waals surface area contributed by atoms with E-state index in [0.717, 1.165) is 12.3 Å². The number of nitrogens with zero attached hydrogens (tertiary/aromatic N) is 2. The average Bonchev–Trinajstić information content (AvgIpc) is 2.49. The molecule has 0 unspecified atom stereocenters. The number of carbonyl (C=O) groups is 1. The molecule has 0 aliphatic rings.